The fourth-order valence-corrected chi connectivity index (χ4v) is 5.11. The van der Waals surface area contributed by atoms with Crippen LogP contribution in [0.3, 0.4) is 0 Å². The largest absolute Gasteiger partial charge is 0.497 e. The number of benzene rings is 5. The zero-order valence-corrected chi connectivity index (χ0v) is 24.2. The molecule has 0 N–H and O–H groups in total. The van der Waals surface area contributed by atoms with Crippen LogP contribution in [0.4, 0.5) is 34.1 Å². The minimum Gasteiger partial charge on any atom is -0.497 e. The summed E-state index contributed by atoms with van der Waals surface area (Å²) in [6, 6.07) is 41.4. The molecule has 5 rings (SSSR count). The summed E-state index contributed by atoms with van der Waals surface area (Å²) in [6.45, 7) is 0. The molecule has 38 heavy (non-hydrogen) atoms. The van der Waals surface area contributed by atoms with Crippen LogP contribution >= 0.6 is 31.9 Å². The van der Waals surface area contributed by atoms with Crippen molar-refractivity contribution in [3.63, 3.8) is 0 Å². The molecule has 0 atom stereocenters. The number of hydrogen-bond donors (Lipinski definition) is 0. The lowest BCUT2D eigenvalue weighted by Gasteiger charge is -2.28. The predicted molar refractivity (Wildman–Crippen MR) is 164 cm³/mol. The Morgan fingerprint density at radius 3 is 1.03 bits per heavy atom. The molecule has 6 heteroatoms. The van der Waals surface area contributed by atoms with E-state index in [4.69, 9.17) is 9.47 Å². The van der Waals surface area contributed by atoms with Gasteiger partial charge in [0.05, 0.1) is 14.2 Å². The van der Waals surface area contributed by atoms with E-state index >= 15 is 0 Å². The molecule has 0 spiro atoms. The van der Waals surface area contributed by atoms with E-state index in [0.717, 1.165) is 54.6 Å². The van der Waals surface area contributed by atoms with Gasteiger partial charge in [0.1, 0.15) is 11.5 Å². The smallest absolute Gasteiger partial charge is 0.119 e. The maximum absolute atomic E-state index is 5.39. The predicted octanol–water partition coefficient (Wildman–Crippen LogP) is 10.2. The second-order valence-corrected chi connectivity index (χ2v) is 10.4. The number of hydrogen-bond acceptors (Lipinski definition) is 4. The summed E-state index contributed by atoms with van der Waals surface area (Å²) in [4.78, 5) is 4.45. The van der Waals surface area contributed by atoms with Crippen LogP contribution in [0.25, 0.3) is 0 Å². The quantitative estimate of drug-likeness (QED) is 0.170. The van der Waals surface area contributed by atoms with E-state index in [0.29, 0.717) is 0 Å². The van der Waals surface area contributed by atoms with Crippen molar-refractivity contribution in [2.75, 3.05) is 24.0 Å². The molecule has 0 saturated carbocycles. The van der Waals surface area contributed by atoms with E-state index < -0.39 is 0 Å². The first-order valence-corrected chi connectivity index (χ1v) is 13.6. The van der Waals surface area contributed by atoms with E-state index in [-0.39, 0.29) is 0 Å². The summed E-state index contributed by atoms with van der Waals surface area (Å²) in [6.07, 6.45) is 0. The summed E-state index contributed by atoms with van der Waals surface area (Å²) in [5.74, 6) is 1.64. The van der Waals surface area contributed by atoms with Crippen molar-refractivity contribution in [2.24, 2.45) is 0 Å². The van der Waals surface area contributed by atoms with Gasteiger partial charge in [0.2, 0.25) is 0 Å². The number of nitrogens with zero attached hydrogens (tertiary/aromatic N) is 2. The van der Waals surface area contributed by atoms with Gasteiger partial charge >= 0.3 is 0 Å². The Labute approximate surface area is 240 Å². The molecule has 0 radical (unpaired) electrons. The topological polar surface area (TPSA) is 24.9 Å². The molecule has 0 aromatic heterocycles. The van der Waals surface area contributed by atoms with Gasteiger partial charge in [-0.1, -0.05) is 44.0 Å². The van der Waals surface area contributed by atoms with Gasteiger partial charge in [0, 0.05) is 43.1 Å². The van der Waals surface area contributed by atoms with Gasteiger partial charge in [-0.2, -0.15) is 0 Å². The summed E-state index contributed by atoms with van der Waals surface area (Å²) in [7, 11) is 3.36. The van der Waals surface area contributed by atoms with Gasteiger partial charge in [0.25, 0.3) is 0 Å². The zero-order valence-electron chi connectivity index (χ0n) is 21.0. The van der Waals surface area contributed by atoms with E-state index in [1.807, 2.05) is 48.5 Å². The van der Waals surface area contributed by atoms with Crippen LogP contribution in [0.2, 0.25) is 0 Å². The van der Waals surface area contributed by atoms with Crippen molar-refractivity contribution in [1.29, 1.82) is 0 Å². The number of ether oxygens (including phenoxy) is 2. The number of rotatable bonds is 8. The van der Waals surface area contributed by atoms with Gasteiger partial charge in [-0.25, -0.2) is 0 Å². The lowest BCUT2D eigenvalue weighted by Crippen LogP contribution is -2.12. The van der Waals surface area contributed by atoms with Gasteiger partial charge in [-0.15, -0.1) is 0 Å². The summed E-state index contributed by atoms with van der Waals surface area (Å²) < 4.78 is 12.8. The molecule has 0 heterocycles. The van der Waals surface area contributed by atoms with Crippen LogP contribution in [-0.2, 0) is 0 Å². The third kappa shape index (κ3) is 5.72. The Hall–Kier alpha value is -3.74. The van der Waals surface area contributed by atoms with E-state index in [2.05, 4.69) is 114 Å². The SMILES string of the molecule is COc1ccc(N(c2ccc(N(c3ccc(OC)cc3)c3cccc(Br)c3)cc2)c2cccc(Br)c2)cc1. The monoisotopic (exact) mass is 628 g/mol. The second-order valence-electron chi connectivity index (χ2n) is 8.54. The average Bonchev–Trinajstić information content (AvgIpc) is 2.95. The van der Waals surface area contributed by atoms with Crippen molar-refractivity contribution in [1.82, 2.24) is 0 Å². The summed E-state index contributed by atoms with van der Waals surface area (Å²) in [5.41, 5.74) is 6.26. The normalized spacial score (nSPS) is 10.6. The van der Waals surface area contributed by atoms with Crippen LogP contribution < -0.4 is 19.3 Å². The molecule has 0 aliphatic carbocycles. The van der Waals surface area contributed by atoms with Gasteiger partial charge in [0.15, 0.2) is 0 Å². The second kappa shape index (κ2) is 11.8. The Morgan fingerprint density at radius 1 is 0.421 bits per heavy atom. The highest BCUT2D eigenvalue weighted by molar-refractivity contribution is 9.10. The minimum absolute atomic E-state index is 0.822. The Kier molecular flexibility index (Phi) is 8.01. The standard InChI is InChI=1S/C32H26Br2N2O2/c1-37-31-17-13-27(14-18-31)35(29-7-3-5-23(33)21-29)25-9-11-26(12-10-25)36(30-8-4-6-24(34)22-30)28-15-19-32(38-2)20-16-28/h3-22H,1-2H3. The molecule has 190 valence electrons. The van der Waals surface area contributed by atoms with Crippen LogP contribution in [0.5, 0.6) is 11.5 Å². The molecule has 5 aromatic carbocycles. The summed E-state index contributed by atoms with van der Waals surface area (Å²) >= 11 is 7.26. The molecule has 5 aromatic rings. The Bertz CT molecular complexity index is 1390. The van der Waals surface area contributed by atoms with Crippen molar-refractivity contribution >= 4 is 66.0 Å². The fraction of sp³-hybridized carbons (Fsp3) is 0.0625. The first-order valence-electron chi connectivity index (χ1n) is 12.1. The zero-order chi connectivity index (χ0) is 26.5. The van der Waals surface area contributed by atoms with E-state index in [9.17, 15) is 0 Å². The van der Waals surface area contributed by atoms with E-state index in [1.54, 1.807) is 14.2 Å². The first-order chi connectivity index (χ1) is 18.6. The number of methoxy groups -OCH3 is 2. The number of halogens is 2. The Balaban J connectivity index is 1.58. The molecule has 0 saturated heterocycles. The van der Waals surface area contributed by atoms with Crippen molar-refractivity contribution < 1.29 is 9.47 Å². The van der Waals surface area contributed by atoms with Gasteiger partial charge < -0.3 is 19.3 Å². The van der Waals surface area contributed by atoms with E-state index in [1.165, 1.54) is 0 Å². The maximum atomic E-state index is 5.39. The molecule has 0 unspecified atom stereocenters. The Morgan fingerprint density at radius 2 is 0.737 bits per heavy atom. The fourth-order valence-electron chi connectivity index (χ4n) is 4.34. The van der Waals surface area contributed by atoms with Crippen LogP contribution in [-0.4, -0.2) is 14.2 Å². The van der Waals surface area contributed by atoms with Crippen molar-refractivity contribution in [3.8, 4) is 11.5 Å². The average molecular weight is 630 g/mol. The molecule has 0 aliphatic heterocycles. The molecule has 0 fully saturated rings. The van der Waals surface area contributed by atoms with Crippen molar-refractivity contribution in [3.05, 3.63) is 130 Å². The highest BCUT2D eigenvalue weighted by atomic mass is 79.9. The molecule has 0 amide bonds. The van der Waals surface area contributed by atoms with Gasteiger partial charge in [-0.3, -0.25) is 0 Å². The molecule has 4 nitrogen and oxygen atoms in total. The lowest BCUT2D eigenvalue weighted by molar-refractivity contribution is 0.414. The lowest BCUT2D eigenvalue weighted by atomic mass is 10.1. The van der Waals surface area contributed by atoms with Gasteiger partial charge in [-0.05, 0) is 109 Å². The molecular formula is C32H26Br2N2O2. The third-order valence-electron chi connectivity index (χ3n) is 6.16. The maximum Gasteiger partial charge on any atom is 0.119 e. The highest BCUT2D eigenvalue weighted by Gasteiger charge is 2.16. The van der Waals surface area contributed by atoms with Crippen LogP contribution in [0, 0.1) is 0 Å². The highest BCUT2D eigenvalue weighted by Crippen LogP contribution is 2.40. The summed E-state index contributed by atoms with van der Waals surface area (Å²) in [5, 5.41) is 0. The first kappa shape index (κ1) is 25.9. The third-order valence-corrected chi connectivity index (χ3v) is 7.15. The number of anilines is 6. The minimum atomic E-state index is 0.822. The molecular weight excluding hydrogens is 604 g/mol. The molecule has 0 bridgehead atoms. The van der Waals surface area contributed by atoms with Crippen LogP contribution in [0.1, 0.15) is 0 Å². The van der Waals surface area contributed by atoms with Crippen molar-refractivity contribution in [2.45, 2.75) is 0 Å². The molecule has 0 aliphatic rings. The van der Waals surface area contributed by atoms with Crippen LogP contribution in [0.15, 0.2) is 130 Å².